The van der Waals surface area contributed by atoms with Crippen LogP contribution in [0.4, 0.5) is 0 Å². The van der Waals surface area contributed by atoms with E-state index in [-0.39, 0.29) is 6.61 Å². The molecule has 0 saturated heterocycles. The number of nitrogens with zero attached hydrogens (tertiary/aromatic N) is 2. The van der Waals surface area contributed by atoms with E-state index in [1.165, 1.54) is 0 Å². The van der Waals surface area contributed by atoms with Gasteiger partial charge in [0.1, 0.15) is 5.82 Å². The van der Waals surface area contributed by atoms with Crippen LogP contribution in [0.5, 0.6) is 0 Å². The third-order valence-corrected chi connectivity index (χ3v) is 2.66. The topological polar surface area (TPSA) is 87.8 Å². The smallest absolute Gasteiger partial charge is 0.191 e. The number of nitrogens with two attached hydrogens (primary N) is 1. The van der Waals surface area contributed by atoms with Gasteiger partial charge >= 0.3 is 0 Å². The van der Waals surface area contributed by atoms with Crippen LogP contribution in [-0.2, 0) is 0 Å². The Balaban J connectivity index is 2.26. The van der Waals surface area contributed by atoms with Crippen molar-refractivity contribution >= 4 is 11.3 Å². The summed E-state index contributed by atoms with van der Waals surface area (Å²) in [5.74, 6) is 1.13. The van der Waals surface area contributed by atoms with Crippen LogP contribution in [0.2, 0.25) is 0 Å². The second-order valence-corrected chi connectivity index (χ2v) is 3.76. The maximum absolute atomic E-state index is 8.82. The quantitative estimate of drug-likeness (QED) is 0.689. The van der Waals surface area contributed by atoms with Gasteiger partial charge in [-0.15, -0.1) is 11.3 Å². The molecule has 74 valence electrons. The third-order valence-electron chi connectivity index (χ3n) is 1.79. The Morgan fingerprint density at radius 3 is 3.14 bits per heavy atom. The van der Waals surface area contributed by atoms with Gasteiger partial charge in [0.2, 0.25) is 0 Å². The lowest BCUT2D eigenvalue weighted by molar-refractivity contribution is 0.263. The van der Waals surface area contributed by atoms with Gasteiger partial charge < -0.3 is 10.8 Å². The Morgan fingerprint density at radius 2 is 2.50 bits per heavy atom. The lowest BCUT2D eigenvalue weighted by atomic mass is 10.3. The monoisotopic (exact) mass is 210 g/mol. The largest absolute Gasteiger partial charge is 0.394 e. The van der Waals surface area contributed by atoms with Gasteiger partial charge in [0, 0.05) is 0 Å². The van der Waals surface area contributed by atoms with Crippen molar-refractivity contribution in [2.24, 2.45) is 5.73 Å². The summed E-state index contributed by atoms with van der Waals surface area (Å²) in [6, 6.07) is 3.38. The first-order valence-electron chi connectivity index (χ1n) is 4.14. The number of aliphatic hydroxyl groups is 1. The lowest BCUT2D eigenvalue weighted by Crippen LogP contribution is -2.15. The van der Waals surface area contributed by atoms with Crippen molar-refractivity contribution in [1.29, 1.82) is 0 Å². The van der Waals surface area contributed by atoms with E-state index in [1.54, 1.807) is 11.3 Å². The first kappa shape index (κ1) is 9.32. The molecule has 0 radical (unpaired) electrons. The van der Waals surface area contributed by atoms with E-state index in [1.807, 2.05) is 17.5 Å². The highest BCUT2D eigenvalue weighted by atomic mass is 32.1. The number of thiophene rings is 1. The maximum atomic E-state index is 8.82. The van der Waals surface area contributed by atoms with Crippen molar-refractivity contribution in [1.82, 2.24) is 15.2 Å². The van der Waals surface area contributed by atoms with Crippen LogP contribution in [0.3, 0.4) is 0 Å². The molecule has 5 nitrogen and oxygen atoms in total. The Bertz CT molecular complexity index is 397. The van der Waals surface area contributed by atoms with Gasteiger partial charge in [-0.3, -0.25) is 5.10 Å². The fraction of sp³-hybridized carbons (Fsp3) is 0.250. The number of aliphatic hydroxyl groups excluding tert-OH is 1. The second-order valence-electron chi connectivity index (χ2n) is 2.81. The van der Waals surface area contributed by atoms with E-state index >= 15 is 0 Å². The predicted octanol–water partition coefficient (Wildman–Crippen LogP) is 0.525. The highest BCUT2D eigenvalue weighted by Crippen LogP contribution is 2.21. The van der Waals surface area contributed by atoms with Crippen molar-refractivity contribution < 1.29 is 5.11 Å². The molecule has 2 rings (SSSR count). The van der Waals surface area contributed by atoms with Crippen LogP contribution in [0.25, 0.3) is 10.7 Å². The normalized spacial score (nSPS) is 13.0. The molecule has 0 fully saturated rings. The minimum atomic E-state index is -0.490. The summed E-state index contributed by atoms with van der Waals surface area (Å²) in [5.41, 5.74) is 5.58. The van der Waals surface area contributed by atoms with E-state index in [0.717, 1.165) is 4.88 Å². The molecule has 0 saturated carbocycles. The average Bonchev–Trinajstić information content (AvgIpc) is 2.86. The fourth-order valence-electron chi connectivity index (χ4n) is 1.04. The molecule has 1 atom stereocenters. The van der Waals surface area contributed by atoms with Crippen LogP contribution < -0.4 is 5.73 Å². The van der Waals surface area contributed by atoms with E-state index in [2.05, 4.69) is 15.2 Å². The summed E-state index contributed by atoms with van der Waals surface area (Å²) in [6.07, 6.45) is 0. The van der Waals surface area contributed by atoms with Crippen molar-refractivity contribution in [3.63, 3.8) is 0 Å². The number of hydrogen-bond donors (Lipinski definition) is 3. The molecule has 14 heavy (non-hydrogen) atoms. The number of aromatic amines is 1. The van der Waals surface area contributed by atoms with Crippen LogP contribution in [0, 0.1) is 0 Å². The Labute approximate surface area is 84.6 Å². The maximum Gasteiger partial charge on any atom is 0.191 e. The Hall–Kier alpha value is -1.24. The highest BCUT2D eigenvalue weighted by Gasteiger charge is 2.11. The third kappa shape index (κ3) is 1.67. The van der Waals surface area contributed by atoms with E-state index < -0.39 is 6.04 Å². The summed E-state index contributed by atoms with van der Waals surface area (Å²) in [5, 5.41) is 17.5. The van der Waals surface area contributed by atoms with Gasteiger partial charge in [-0.05, 0) is 11.4 Å². The number of H-pyrrole nitrogens is 1. The first-order chi connectivity index (χ1) is 6.81. The Kier molecular flexibility index (Phi) is 2.58. The van der Waals surface area contributed by atoms with Gasteiger partial charge in [0.05, 0.1) is 17.5 Å². The molecule has 0 aromatic carbocycles. The number of rotatable bonds is 3. The molecule has 0 aliphatic heterocycles. The highest BCUT2D eigenvalue weighted by molar-refractivity contribution is 7.13. The molecule has 0 bridgehead atoms. The molecule has 0 aliphatic carbocycles. The molecular formula is C8H10N4OS. The average molecular weight is 210 g/mol. The molecule has 0 aliphatic rings. The fourth-order valence-corrected chi connectivity index (χ4v) is 1.70. The molecule has 2 aromatic heterocycles. The van der Waals surface area contributed by atoms with Gasteiger partial charge in [0.15, 0.2) is 5.82 Å². The minimum absolute atomic E-state index is 0.140. The zero-order valence-corrected chi connectivity index (χ0v) is 8.16. The summed E-state index contributed by atoms with van der Waals surface area (Å²) >= 11 is 1.56. The molecule has 4 N–H and O–H groups in total. The summed E-state index contributed by atoms with van der Waals surface area (Å²) in [6.45, 7) is -0.140. The second kappa shape index (κ2) is 3.87. The van der Waals surface area contributed by atoms with Gasteiger partial charge in [-0.2, -0.15) is 5.10 Å². The van der Waals surface area contributed by atoms with Crippen LogP contribution in [0.15, 0.2) is 17.5 Å². The van der Waals surface area contributed by atoms with Crippen LogP contribution >= 0.6 is 11.3 Å². The lowest BCUT2D eigenvalue weighted by Gasteiger charge is -2.00. The minimum Gasteiger partial charge on any atom is -0.394 e. The van der Waals surface area contributed by atoms with Gasteiger partial charge in [0.25, 0.3) is 0 Å². The molecule has 2 heterocycles. The van der Waals surface area contributed by atoms with Crippen LogP contribution in [-0.4, -0.2) is 26.9 Å². The van der Waals surface area contributed by atoms with Crippen molar-refractivity contribution in [3.8, 4) is 10.7 Å². The van der Waals surface area contributed by atoms with Gasteiger partial charge in [-0.25, -0.2) is 4.98 Å². The molecule has 2 aromatic rings. The Morgan fingerprint density at radius 1 is 1.64 bits per heavy atom. The molecule has 6 heteroatoms. The molecular weight excluding hydrogens is 200 g/mol. The predicted molar refractivity (Wildman–Crippen MR) is 53.7 cm³/mol. The zero-order valence-electron chi connectivity index (χ0n) is 7.34. The molecule has 0 unspecified atom stereocenters. The standard InChI is InChI=1S/C8H10N4OS/c9-5(4-13)7-10-8(12-11-7)6-2-1-3-14-6/h1-3,5,13H,4,9H2,(H,10,11,12)/t5-/m1/s1. The summed E-state index contributed by atoms with van der Waals surface area (Å²) in [7, 11) is 0. The van der Waals surface area contributed by atoms with Crippen molar-refractivity contribution in [2.45, 2.75) is 6.04 Å². The van der Waals surface area contributed by atoms with Gasteiger partial charge in [-0.1, -0.05) is 6.07 Å². The molecule has 0 spiro atoms. The van der Waals surface area contributed by atoms with E-state index in [0.29, 0.717) is 11.6 Å². The first-order valence-corrected chi connectivity index (χ1v) is 5.02. The summed E-state index contributed by atoms with van der Waals surface area (Å²) in [4.78, 5) is 5.17. The SMILES string of the molecule is N[C@H](CO)c1nc(-c2cccs2)n[nH]1. The number of hydrogen-bond acceptors (Lipinski definition) is 5. The van der Waals surface area contributed by atoms with E-state index in [4.69, 9.17) is 10.8 Å². The number of aromatic nitrogens is 3. The van der Waals surface area contributed by atoms with Crippen molar-refractivity contribution in [3.05, 3.63) is 23.3 Å². The summed E-state index contributed by atoms with van der Waals surface area (Å²) < 4.78 is 0. The zero-order chi connectivity index (χ0) is 9.97. The van der Waals surface area contributed by atoms with Crippen LogP contribution in [0.1, 0.15) is 11.9 Å². The number of nitrogens with one attached hydrogen (secondary N) is 1. The van der Waals surface area contributed by atoms with Crippen molar-refractivity contribution in [2.75, 3.05) is 6.61 Å². The molecule has 0 amide bonds. The van der Waals surface area contributed by atoms with E-state index in [9.17, 15) is 0 Å².